The molecule has 0 bridgehead atoms. The standard InChI is InChI=1S/C24H35N3O2/c28-24(27-11-3-4-23(27)18-25-9-1-2-10-25)21-6-5-20-17-22(8-7-19(20)16-21)26-12-14-29-15-13-26/h5-6,16,22-23H,1-4,7-15,17-18H2/t22?,23-/m0/s1. The van der Waals surface area contributed by atoms with Gasteiger partial charge >= 0.3 is 0 Å². The van der Waals surface area contributed by atoms with Crippen LogP contribution in [-0.2, 0) is 17.6 Å². The predicted molar refractivity (Wildman–Crippen MR) is 114 cm³/mol. The number of carbonyl (C=O) groups is 1. The fourth-order valence-corrected chi connectivity index (χ4v) is 5.85. The summed E-state index contributed by atoms with van der Waals surface area (Å²) in [6, 6.07) is 7.58. The van der Waals surface area contributed by atoms with Crippen LogP contribution in [-0.4, -0.2) is 85.2 Å². The molecule has 5 rings (SSSR count). The van der Waals surface area contributed by atoms with Crippen molar-refractivity contribution in [3.05, 3.63) is 34.9 Å². The van der Waals surface area contributed by atoms with Gasteiger partial charge in [0, 0.05) is 43.8 Å². The molecule has 3 saturated heterocycles. The minimum Gasteiger partial charge on any atom is -0.379 e. The van der Waals surface area contributed by atoms with Crippen LogP contribution in [0.1, 0.15) is 53.6 Å². The minimum atomic E-state index is 0.254. The Morgan fingerprint density at radius 3 is 2.62 bits per heavy atom. The first kappa shape index (κ1) is 19.5. The van der Waals surface area contributed by atoms with Crippen molar-refractivity contribution in [3.63, 3.8) is 0 Å². The van der Waals surface area contributed by atoms with Crippen molar-refractivity contribution in [3.8, 4) is 0 Å². The van der Waals surface area contributed by atoms with Crippen molar-refractivity contribution in [2.24, 2.45) is 0 Å². The molecule has 0 N–H and O–H groups in total. The molecule has 5 nitrogen and oxygen atoms in total. The SMILES string of the molecule is O=C(c1ccc2c(c1)CCC(N1CCOCC1)C2)N1CCC[C@H]1CN1CCCC1. The van der Waals surface area contributed by atoms with Crippen LogP contribution in [0.15, 0.2) is 18.2 Å². The lowest BCUT2D eigenvalue weighted by Gasteiger charge is -2.37. The van der Waals surface area contributed by atoms with Gasteiger partial charge in [-0.3, -0.25) is 9.69 Å². The van der Waals surface area contributed by atoms with Crippen LogP contribution < -0.4 is 0 Å². The number of aryl methyl sites for hydroxylation is 1. The maximum absolute atomic E-state index is 13.3. The van der Waals surface area contributed by atoms with Crippen LogP contribution >= 0.6 is 0 Å². The number of rotatable bonds is 4. The summed E-state index contributed by atoms with van der Waals surface area (Å²) in [7, 11) is 0. The van der Waals surface area contributed by atoms with E-state index in [4.69, 9.17) is 4.74 Å². The third-order valence-corrected chi connectivity index (χ3v) is 7.52. The highest BCUT2D eigenvalue weighted by atomic mass is 16.5. The normalized spacial score (nSPS) is 28.6. The highest BCUT2D eigenvalue weighted by molar-refractivity contribution is 5.95. The van der Waals surface area contributed by atoms with E-state index in [0.29, 0.717) is 12.1 Å². The summed E-state index contributed by atoms with van der Waals surface area (Å²) in [6.07, 6.45) is 8.35. The van der Waals surface area contributed by atoms with Gasteiger partial charge in [-0.15, -0.1) is 0 Å². The van der Waals surface area contributed by atoms with Gasteiger partial charge in [-0.25, -0.2) is 0 Å². The number of nitrogens with zero attached hydrogens (tertiary/aromatic N) is 3. The van der Waals surface area contributed by atoms with Crippen molar-refractivity contribution in [2.45, 2.75) is 57.0 Å². The van der Waals surface area contributed by atoms with Gasteiger partial charge in [0.2, 0.25) is 0 Å². The zero-order valence-electron chi connectivity index (χ0n) is 17.7. The van der Waals surface area contributed by atoms with Gasteiger partial charge in [-0.05, 0) is 81.3 Å². The van der Waals surface area contributed by atoms with Crippen LogP contribution in [0.25, 0.3) is 0 Å². The summed E-state index contributed by atoms with van der Waals surface area (Å²) in [5.41, 5.74) is 3.75. The number of fused-ring (bicyclic) bond motifs is 1. The Morgan fingerprint density at radius 1 is 0.966 bits per heavy atom. The smallest absolute Gasteiger partial charge is 0.254 e. The van der Waals surface area contributed by atoms with E-state index in [1.807, 2.05) is 0 Å². The Balaban J connectivity index is 1.25. The molecule has 5 heteroatoms. The van der Waals surface area contributed by atoms with Crippen LogP contribution in [0.5, 0.6) is 0 Å². The molecular formula is C24H35N3O2. The number of amides is 1. The van der Waals surface area contributed by atoms with Crippen LogP contribution in [0, 0.1) is 0 Å². The van der Waals surface area contributed by atoms with Crippen molar-refractivity contribution in [1.82, 2.24) is 14.7 Å². The van der Waals surface area contributed by atoms with Gasteiger partial charge in [0.05, 0.1) is 13.2 Å². The van der Waals surface area contributed by atoms with E-state index in [1.54, 1.807) is 0 Å². The van der Waals surface area contributed by atoms with Crippen molar-refractivity contribution in [2.75, 3.05) is 52.5 Å². The lowest BCUT2D eigenvalue weighted by Crippen LogP contribution is -2.46. The quantitative estimate of drug-likeness (QED) is 0.782. The number of ether oxygens (including phenoxy) is 1. The molecule has 0 spiro atoms. The predicted octanol–water partition coefficient (Wildman–Crippen LogP) is 2.58. The number of hydrogen-bond acceptors (Lipinski definition) is 4. The maximum atomic E-state index is 13.3. The molecule has 1 amide bonds. The fourth-order valence-electron chi connectivity index (χ4n) is 5.85. The Bertz CT molecular complexity index is 725. The lowest BCUT2D eigenvalue weighted by atomic mass is 9.86. The summed E-state index contributed by atoms with van der Waals surface area (Å²) in [5.74, 6) is 0.254. The number of morpholine rings is 1. The molecule has 3 aliphatic heterocycles. The first-order valence-corrected chi connectivity index (χ1v) is 11.7. The first-order chi connectivity index (χ1) is 14.3. The Kier molecular flexibility index (Phi) is 5.89. The molecular weight excluding hydrogens is 362 g/mol. The summed E-state index contributed by atoms with van der Waals surface area (Å²) in [6.45, 7) is 8.26. The third-order valence-electron chi connectivity index (χ3n) is 7.52. The molecule has 1 aromatic carbocycles. The fraction of sp³-hybridized carbons (Fsp3) is 0.708. The molecule has 1 aromatic rings. The molecule has 0 aromatic heterocycles. The average molecular weight is 398 g/mol. The maximum Gasteiger partial charge on any atom is 0.254 e. The highest BCUT2D eigenvalue weighted by Crippen LogP contribution is 2.28. The number of likely N-dealkylation sites (tertiary alicyclic amines) is 2. The summed E-state index contributed by atoms with van der Waals surface area (Å²) in [5, 5.41) is 0. The highest BCUT2D eigenvalue weighted by Gasteiger charge is 2.32. The first-order valence-electron chi connectivity index (χ1n) is 11.7. The lowest BCUT2D eigenvalue weighted by molar-refractivity contribution is 0.0137. The topological polar surface area (TPSA) is 36.0 Å². The molecule has 0 radical (unpaired) electrons. The average Bonchev–Trinajstić information content (AvgIpc) is 3.46. The zero-order valence-corrected chi connectivity index (χ0v) is 17.7. The van der Waals surface area contributed by atoms with Crippen LogP contribution in [0.3, 0.4) is 0 Å². The van der Waals surface area contributed by atoms with Gasteiger partial charge in [-0.1, -0.05) is 6.07 Å². The molecule has 0 saturated carbocycles. The summed E-state index contributed by atoms with van der Waals surface area (Å²) >= 11 is 0. The Morgan fingerprint density at radius 2 is 1.79 bits per heavy atom. The van der Waals surface area contributed by atoms with E-state index in [2.05, 4.69) is 32.9 Å². The molecule has 3 fully saturated rings. The molecule has 4 aliphatic rings. The molecule has 158 valence electrons. The third kappa shape index (κ3) is 4.23. The van der Waals surface area contributed by atoms with Gasteiger partial charge in [0.15, 0.2) is 0 Å². The van der Waals surface area contributed by atoms with Gasteiger partial charge in [-0.2, -0.15) is 0 Å². The monoisotopic (exact) mass is 397 g/mol. The number of carbonyl (C=O) groups excluding carboxylic acids is 1. The van der Waals surface area contributed by atoms with E-state index in [9.17, 15) is 4.79 Å². The molecule has 1 unspecified atom stereocenters. The van der Waals surface area contributed by atoms with Gasteiger partial charge < -0.3 is 14.5 Å². The van der Waals surface area contributed by atoms with Crippen molar-refractivity contribution < 1.29 is 9.53 Å². The van der Waals surface area contributed by atoms with Gasteiger partial charge in [0.1, 0.15) is 0 Å². The molecule has 3 heterocycles. The summed E-state index contributed by atoms with van der Waals surface area (Å²) in [4.78, 5) is 20.6. The second-order valence-corrected chi connectivity index (χ2v) is 9.33. The largest absolute Gasteiger partial charge is 0.379 e. The van der Waals surface area contributed by atoms with E-state index >= 15 is 0 Å². The Hall–Kier alpha value is -1.43. The number of hydrogen-bond donors (Lipinski definition) is 0. The minimum absolute atomic E-state index is 0.254. The summed E-state index contributed by atoms with van der Waals surface area (Å²) < 4.78 is 5.51. The van der Waals surface area contributed by atoms with Crippen LogP contribution in [0.4, 0.5) is 0 Å². The second-order valence-electron chi connectivity index (χ2n) is 9.33. The van der Waals surface area contributed by atoms with E-state index in [-0.39, 0.29) is 5.91 Å². The molecule has 1 aliphatic carbocycles. The van der Waals surface area contributed by atoms with Crippen LogP contribution in [0.2, 0.25) is 0 Å². The van der Waals surface area contributed by atoms with E-state index < -0.39 is 0 Å². The zero-order chi connectivity index (χ0) is 19.6. The molecule has 29 heavy (non-hydrogen) atoms. The molecule has 2 atom stereocenters. The van der Waals surface area contributed by atoms with Gasteiger partial charge in [0.25, 0.3) is 5.91 Å². The van der Waals surface area contributed by atoms with E-state index in [1.165, 1.54) is 43.5 Å². The van der Waals surface area contributed by atoms with Crippen molar-refractivity contribution in [1.29, 1.82) is 0 Å². The number of benzene rings is 1. The second kappa shape index (κ2) is 8.75. The van der Waals surface area contributed by atoms with E-state index in [0.717, 1.165) is 70.6 Å². The Labute approximate surface area is 175 Å². The van der Waals surface area contributed by atoms with Crippen molar-refractivity contribution >= 4 is 5.91 Å².